The maximum absolute atomic E-state index is 12.4. The van der Waals surface area contributed by atoms with Crippen molar-refractivity contribution in [3.8, 4) is 0 Å². The second kappa shape index (κ2) is 4.61. The number of anilines is 1. The third-order valence-corrected chi connectivity index (χ3v) is 2.90. The highest BCUT2D eigenvalue weighted by molar-refractivity contribution is 5.94. The zero-order chi connectivity index (χ0) is 13.3. The van der Waals surface area contributed by atoms with Crippen LogP contribution in [-0.4, -0.2) is 23.7 Å². The van der Waals surface area contributed by atoms with Crippen LogP contribution in [0.25, 0.3) is 0 Å². The molecule has 0 aromatic heterocycles. The molecule has 1 N–H and O–H groups in total. The minimum absolute atomic E-state index is 0.0149. The van der Waals surface area contributed by atoms with Crippen LogP contribution in [0.15, 0.2) is 24.3 Å². The molecule has 1 fully saturated rings. The van der Waals surface area contributed by atoms with Gasteiger partial charge < -0.3 is 10.0 Å². The molecule has 1 heterocycles. The summed E-state index contributed by atoms with van der Waals surface area (Å²) in [7, 11) is 0. The van der Waals surface area contributed by atoms with E-state index in [1.807, 2.05) is 0 Å². The summed E-state index contributed by atoms with van der Waals surface area (Å²) in [5, 5.41) is 9.30. The number of carbonyl (C=O) groups is 1. The Morgan fingerprint density at radius 1 is 1.22 bits per heavy atom. The molecule has 98 valence electrons. The van der Waals surface area contributed by atoms with E-state index in [-0.39, 0.29) is 12.3 Å². The summed E-state index contributed by atoms with van der Waals surface area (Å²) >= 11 is 0. The molecule has 1 saturated heterocycles. The van der Waals surface area contributed by atoms with Crippen molar-refractivity contribution >= 4 is 11.6 Å². The lowest BCUT2D eigenvalue weighted by Crippen LogP contribution is -2.40. The first kappa shape index (κ1) is 12.9. The van der Waals surface area contributed by atoms with E-state index in [1.54, 1.807) is 0 Å². The molecule has 0 radical (unpaired) electrons. The average molecular weight is 259 g/mol. The van der Waals surface area contributed by atoms with E-state index in [1.165, 1.54) is 17.0 Å². The molecule has 1 aromatic rings. The normalized spacial score (nSPS) is 21.2. The highest BCUT2D eigenvalue weighted by Crippen LogP contribution is 2.31. The number of amides is 1. The molecule has 2 rings (SSSR count). The smallest absolute Gasteiger partial charge is 0.393 e. The van der Waals surface area contributed by atoms with E-state index in [0.29, 0.717) is 18.7 Å². The standard InChI is InChI=1S/C12H12F3NO2/c13-12(14,15)8-1-3-9(4-2-8)16-6-5-10(17)7-11(16)18/h1-4,10,17H,5-7H2. The van der Waals surface area contributed by atoms with Crippen molar-refractivity contribution in [2.75, 3.05) is 11.4 Å². The predicted octanol–water partition coefficient (Wildman–Crippen LogP) is 2.19. The van der Waals surface area contributed by atoms with Gasteiger partial charge in [0, 0.05) is 12.2 Å². The summed E-state index contributed by atoms with van der Waals surface area (Å²) in [6, 6.07) is 4.46. The molecule has 0 saturated carbocycles. The van der Waals surface area contributed by atoms with Gasteiger partial charge in [0.1, 0.15) is 0 Å². The molecule has 0 spiro atoms. The Morgan fingerprint density at radius 3 is 2.33 bits per heavy atom. The van der Waals surface area contributed by atoms with Crippen LogP contribution in [0.3, 0.4) is 0 Å². The van der Waals surface area contributed by atoms with Crippen molar-refractivity contribution in [1.82, 2.24) is 0 Å². The number of halogens is 3. The fourth-order valence-corrected chi connectivity index (χ4v) is 1.92. The van der Waals surface area contributed by atoms with E-state index in [2.05, 4.69) is 0 Å². The first-order valence-corrected chi connectivity index (χ1v) is 5.53. The minimum atomic E-state index is -4.37. The van der Waals surface area contributed by atoms with Crippen LogP contribution in [-0.2, 0) is 11.0 Å². The number of aliphatic hydroxyl groups is 1. The molecular formula is C12H12F3NO2. The Bertz CT molecular complexity index is 442. The van der Waals surface area contributed by atoms with Crippen molar-refractivity contribution in [1.29, 1.82) is 0 Å². The molecular weight excluding hydrogens is 247 g/mol. The van der Waals surface area contributed by atoms with Crippen molar-refractivity contribution in [2.45, 2.75) is 25.1 Å². The van der Waals surface area contributed by atoms with Crippen LogP contribution in [0.2, 0.25) is 0 Å². The highest BCUT2D eigenvalue weighted by atomic mass is 19.4. The summed E-state index contributed by atoms with van der Waals surface area (Å²) < 4.78 is 37.1. The van der Waals surface area contributed by atoms with Crippen LogP contribution in [0.5, 0.6) is 0 Å². The number of hydrogen-bond acceptors (Lipinski definition) is 2. The quantitative estimate of drug-likeness (QED) is 0.839. The van der Waals surface area contributed by atoms with Gasteiger partial charge in [0.25, 0.3) is 0 Å². The monoisotopic (exact) mass is 259 g/mol. The largest absolute Gasteiger partial charge is 0.416 e. The fraction of sp³-hybridized carbons (Fsp3) is 0.417. The molecule has 1 unspecified atom stereocenters. The van der Waals surface area contributed by atoms with Gasteiger partial charge in [-0.2, -0.15) is 13.2 Å². The summed E-state index contributed by atoms with van der Waals surface area (Å²) in [6.07, 6.45) is -4.57. The molecule has 1 amide bonds. The highest BCUT2D eigenvalue weighted by Gasteiger charge is 2.31. The topological polar surface area (TPSA) is 40.5 Å². The first-order chi connectivity index (χ1) is 8.38. The SMILES string of the molecule is O=C1CC(O)CCN1c1ccc(C(F)(F)F)cc1. The van der Waals surface area contributed by atoms with Crippen molar-refractivity contribution < 1.29 is 23.1 Å². The summed E-state index contributed by atoms with van der Waals surface area (Å²) in [6.45, 7) is 0.325. The van der Waals surface area contributed by atoms with Crippen LogP contribution < -0.4 is 4.90 Å². The second-order valence-corrected chi connectivity index (χ2v) is 4.24. The predicted molar refractivity (Wildman–Crippen MR) is 59.0 cm³/mol. The van der Waals surface area contributed by atoms with E-state index in [9.17, 15) is 23.1 Å². The van der Waals surface area contributed by atoms with Crippen molar-refractivity contribution in [3.63, 3.8) is 0 Å². The first-order valence-electron chi connectivity index (χ1n) is 5.53. The maximum Gasteiger partial charge on any atom is 0.416 e. The lowest BCUT2D eigenvalue weighted by molar-refractivity contribution is -0.137. The Balaban J connectivity index is 2.17. The van der Waals surface area contributed by atoms with Gasteiger partial charge in [-0.05, 0) is 30.7 Å². The van der Waals surface area contributed by atoms with Gasteiger partial charge in [0.05, 0.1) is 18.1 Å². The van der Waals surface area contributed by atoms with E-state index in [4.69, 9.17) is 0 Å². The van der Waals surface area contributed by atoms with Crippen LogP contribution >= 0.6 is 0 Å². The molecule has 1 aromatic carbocycles. The van der Waals surface area contributed by atoms with Gasteiger partial charge in [-0.25, -0.2) is 0 Å². The second-order valence-electron chi connectivity index (χ2n) is 4.24. The minimum Gasteiger partial charge on any atom is -0.393 e. The number of alkyl halides is 3. The van der Waals surface area contributed by atoms with Crippen LogP contribution in [0, 0.1) is 0 Å². The Kier molecular flexibility index (Phi) is 3.30. The number of hydrogen-bond donors (Lipinski definition) is 1. The third-order valence-electron chi connectivity index (χ3n) is 2.90. The van der Waals surface area contributed by atoms with E-state index >= 15 is 0 Å². The molecule has 3 nitrogen and oxygen atoms in total. The summed E-state index contributed by atoms with van der Waals surface area (Å²) in [5.41, 5.74) is -0.310. The Labute approximate surface area is 102 Å². The van der Waals surface area contributed by atoms with Crippen molar-refractivity contribution in [2.24, 2.45) is 0 Å². The van der Waals surface area contributed by atoms with Gasteiger partial charge >= 0.3 is 6.18 Å². The van der Waals surface area contributed by atoms with Gasteiger partial charge in [0.2, 0.25) is 5.91 Å². The average Bonchev–Trinajstić information content (AvgIpc) is 2.28. The van der Waals surface area contributed by atoms with Gasteiger partial charge in [0.15, 0.2) is 0 Å². The van der Waals surface area contributed by atoms with E-state index < -0.39 is 17.8 Å². The maximum atomic E-state index is 12.4. The Hall–Kier alpha value is -1.56. The van der Waals surface area contributed by atoms with Gasteiger partial charge in [-0.1, -0.05) is 0 Å². The van der Waals surface area contributed by atoms with Crippen LogP contribution in [0.4, 0.5) is 18.9 Å². The summed E-state index contributed by atoms with van der Waals surface area (Å²) in [5.74, 6) is -0.270. The number of rotatable bonds is 1. The molecule has 1 aliphatic heterocycles. The molecule has 0 bridgehead atoms. The lowest BCUT2D eigenvalue weighted by atomic mass is 10.1. The number of piperidine rings is 1. The van der Waals surface area contributed by atoms with Gasteiger partial charge in [-0.15, -0.1) is 0 Å². The lowest BCUT2D eigenvalue weighted by Gasteiger charge is -2.29. The van der Waals surface area contributed by atoms with E-state index in [0.717, 1.165) is 12.1 Å². The van der Waals surface area contributed by atoms with Crippen molar-refractivity contribution in [3.05, 3.63) is 29.8 Å². The Morgan fingerprint density at radius 2 is 1.83 bits per heavy atom. The van der Waals surface area contributed by atoms with Crippen LogP contribution in [0.1, 0.15) is 18.4 Å². The fourth-order valence-electron chi connectivity index (χ4n) is 1.92. The number of nitrogens with zero attached hydrogens (tertiary/aromatic N) is 1. The number of aliphatic hydroxyl groups excluding tert-OH is 1. The van der Waals surface area contributed by atoms with Gasteiger partial charge in [-0.3, -0.25) is 4.79 Å². The zero-order valence-electron chi connectivity index (χ0n) is 9.44. The number of benzene rings is 1. The molecule has 1 aliphatic rings. The summed E-state index contributed by atoms with van der Waals surface area (Å²) in [4.78, 5) is 13.0. The molecule has 0 aliphatic carbocycles. The zero-order valence-corrected chi connectivity index (χ0v) is 9.44. The molecule has 1 atom stereocenters. The number of carbonyl (C=O) groups excluding carboxylic acids is 1. The third kappa shape index (κ3) is 2.64. The molecule has 6 heteroatoms. The molecule has 18 heavy (non-hydrogen) atoms.